The molecule has 0 saturated carbocycles. The lowest BCUT2D eigenvalue weighted by molar-refractivity contribution is -0.394. The summed E-state index contributed by atoms with van der Waals surface area (Å²) in [6.45, 7) is 0.635. The molecule has 0 atom stereocenters. The normalized spacial score (nSPS) is 10.4. The van der Waals surface area contributed by atoms with Gasteiger partial charge in [0.1, 0.15) is 5.76 Å². The Labute approximate surface area is 113 Å². The first kappa shape index (κ1) is 13.7. The minimum atomic E-state index is -0.660. The summed E-state index contributed by atoms with van der Waals surface area (Å²) < 4.78 is 5.11. The summed E-state index contributed by atoms with van der Waals surface area (Å²) in [7, 11) is 0. The lowest BCUT2D eigenvalue weighted by atomic mass is 10.1. The summed E-state index contributed by atoms with van der Waals surface area (Å²) in [5, 5.41) is 24.5. The lowest BCUT2D eigenvalue weighted by Crippen LogP contribution is -2.13. The maximum atomic E-state index is 10.9. The number of nitro benzene ring substituents is 2. The Morgan fingerprint density at radius 2 is 1.90 bits per heavy atom. The monoisotopic (exact) mass is 277 g/mol. The Hall–Kier alpha value is -2.74. The summed E-state index contributed by atoms with van der Waals surface area (Å²) in [5.41, 5.74) is -0.190. The zero-order valence-electron chi connectivity index (χ0n) is 10.3. The number of furan rings is 1. The van der Waals surface area contributed by atoms with Gasteiger partial charge in [-0.15, -0.1) is 0 Å². The summed E-state index contributed by atoms with van der Waals surface area (Å²) in [6.07, 6.45) is 1.53. The predicted molar refractivity (Wildman–Crippen MR) is 69.0 cm³/mol. The van der Waals surface area contributed by atoms with E-state index >= 15 is 0 Å². The minimum absolute atomic E-state index is 0.217. The SMILES string of the molecule is O=[N+]([O-])c1ccc(CNCc2ccco2)c([N+](=O)[O-])c1. The zero-order chi connectivity index (χ0) is 14.5. The Kier molecular flexibility index (Phi) is 4.06. The summed E-state index contributed by atoms with van der Waals surface area (Å²) in [5.74, 6) is 0.703. The molecule has 0 bridgehead atoms. The van der Waals surface area contributed by atoms with Crippen molar-refractivity contribution in [2.75, 3.05) is 0 Å². The zero-order valence-corrected chi connectivity index (χ0v) is 10.3. The maximum absolute atomic E-state index is 10.9. The van der Waals surface area contributed by atoms with Crippen LogP contribution in [0.4, 0.5) is 11.4 Å². The van der Waals surface area contributed by atoms with E-state index in [1.165, 1.54) is 18.4 Å². The topological polar surface area (TPSA) is 111 Å². The number of nitrogens with one attached hydrogen (secondary N) is 1. The van der Waals surface area contributed by atoms with Gasteiger partial charge in [0.25, 0.3) is 11.4 Å². The van der Waals surface area contributed by atoms with Crippen molar-refractivity contribution in [1.82, 2.24) is 5.32 Å². The van der Waals surface area contributed by atoms with E-state index in [1.54, 1.807) is 12.1 Å². The molecule has 0 aliphatic heterocycles. The van der Waals surface area contributed by atoms with Crippen LogP contribution in [0, 0.1) is 20.2 Å². The van der Waals surface area contributed by atoms with Crippen LogP contribution in [0.5, 0.6) is 0 Å². The Morgan fingerprint density at radius 3 is 2.50 bits per heavy atom. The number of nitro groups is 2. The van der Waals surface area contributed by atoms with Crippen LogP contribution < -0.4 is 5.32 Å². The maximum Gasteiger partial charge on any atom is 0.280 e. The second kappa shape index (κ2) is 5.93. The summed E-state index contributed by atoms with van der Waals surface area (Å²) in [4.78, 5) is 20.2. The van der Waals surface area contributed by atoms with Crippen LogP contribution in [0.1, 0.15) is 11.3 Å². The van der Waals surface area contributed by atoms with Gasteiger partial charge in [-0.1, -0.05) is 0 Å². The molecule has 0 aliphatic carbocycles. The van der Waals surface area contributed by atoms with E-state index in [0.29, 0.717) is 17.9 Å². The third-order valence-corrected chi connectivity index (χ3v) is 2.67. The van der Waals surface area contributed by atoms with E-state index in [4.69, 9.17) is 4.42 Å². The van der Waals surface area contributed by atoms with Gasteiger partial charge in [0.2, 0.25) is 0 Å². The molecule has 0 fully saturated rings. The van der Waals surface area contributed by atoms with Crippen molar-refractivity contribution >= 4 is 11.4 Å². The molecule has 0 aliphatic rings. The van der Waals surface area contributed by atoms with Crippen LogP contribution in [0.3, 0.4) is 0 Å². The number of benzene rings is 1. The summed E-state index contributed by atoms with van der Waals surface area (Å²) in [6, 6.07) is 7.11. The minimum Gasteiger partial charge on any atom is -0.468 e. The van der Waals surface area contributed by atoms with Crippen LogP contribution >= 0.6 is 0 Å². The predicted octanol–water partition coefficient (Wildman–Crippen LogP) is 2.39. The molecule has 8 heteroatoms. The van der Waals surface area contributed by atoms with Crippen LogP contribution in [0.2, 0.25) is 0 Å². The second-order valence-electron chi connectivity index (χ2n) is 4.01. The fourth-order valence-electron chi connectivity index (χ4n) is 1.72. The fraction of sp³-hybridized carbons (Fsp3) is 0.167. The van der Waals surface area contributed by atoms with Gasteiger partial charge in [-0.25, -0.2) is 0 Å². The average Bonchev–Trinajstić information content (AvgIpc) is 2.91. The number of non-ortho nitro benzene ring substituents is 1. The quantitative estimate of drug-likeness (QED) is 0.640. The smallest absolute Gasteiger partial charge is 0.280 e. The molecule has 1 aromatic heterocycles. The van der Waals surface area contributed by atoms with E-state index < -0.39 is 9.85 Å². The van der Waals surface area contributed by atoms with Crippen molar-refractivity contribution in [2.24, 2.45) is 0 Å². The summed E-state index contributed by atoms with van der Waals surface area (Å²) >= 11 is 0. The Bertz CT molecular complexity index is 624. The molecule has 0 amide bonds. The van der Waals surface area contributed by atoms with Crippen molar-refractivity contribution < 1.29 is 14.3 Å². The van der Waals surface area contributed by atoms with Gasteiger partial charge in [0, 0.05) is 18.2 Å². The van der Waals surface area contributed by atoms with Crippen LogP contribution in [0.15, 0.2) is 41.0 Å². The second-order valence-corrected chi connectivity index (χ2v) is 4.01. The van der Waals surface area contributed by atoms with Gasteiger partial charge in [0.05, 0.1) is 28.7 Å². The molecule has 1 aromatic carbocycles. The Morgan fingerprint density at radius 1 is 1.10 bits per heavy atom. The van der Waals surface area contributed by atoms with Crippen molar-refractivity contribution in [3.05, 3.63) is 68.1 Å². The molecule has 1 heterocycles. The van der Waals surface area contributed by atoms with Crippen molar-refractivity contribution in [2.45, 2.75) is 13.1 Å². The molecule has 1 N–H and O–H groups in total. The Balaban J connectivity index is 2.10. The highest BCUT2D eigenvalue weighted by molar-refractivity contribution is 5.49. The van der Waals surface area contributed by atoms with Gasteiger partial charge >= 0.3 is 0 Å². The van der Waals surface area contributed by atoms with Gasteiger partial charge in [-0.05, 0) is 18.2 Å². The third-order valence-electron chi connectivity index (χ3n) is 2.67. The number of rotatable bonds is 6. The van der Waals surface area contributed by atoms with Gasteiger partial charge in [-0.2, -0.15) is 0 Å². The van der Waals surface area contributed by atoms with Gasteiger partial charge < -0.3 is 9.73 Å². The van der Waals surface area contributed by atoms with Crippen LogP contribution in [-0.4, -0.2) is 9.85 Å². The molecular weight excluding hydrogens is 266 g/mol. The first-order chi connectivity index (χ1) is 9.58. The average molecular weight is 277 g/mol. The first-order valence-corrected chi connectivity index (χ1v) is 5.72. The van der Waals surface area contributed by atoms with Gasteiger partial charge in [-0.3, -0.25) is 20.2 Å². The highest BCUT2D eigenvalue weighted by Gasteiger charge is 2.18. The highest BCUT2D eigenvalue weighted by atomic mass is 16.6. The highest BCUT2D eigenvalue weighted by Crippen LogP contribution is 2.24. The van der Waals surface area contributed by atoms with E-state index in [0.717, 1.165) is 6.07 Å². The van der Waals surface area contributed by atoms with E-state index in [-0.39, 0.29) is 17.9 Å². The van der Waals surface area contributed by atoms with Crippen LogP contribution in [-0.2, 0) is 13.1 Å². The van der Waals surface area contributed by atoms with Crippen molar-refractivity contribution in [3.63, 3.8) is 0 Å². The number of hydrogen-bond donors (Lipinski definition) is 1. The first-order valence-electron chi connectivity index (χ1n) is 5.72. The molecule has 0 spiro atoms. The standard InChI is InChI=1S/C12H11N3O5/c16-14(17)10-4-3-9(12(6-10)15(18)19)7-13-8-11-2-1-5-20-11/h1-6,13H,7-8H2. The van der Waals surface area contributed by atoms with Crippen molar-refractivity contribution in [1.29, 1.82) is 0 Å². The van der Waals surface area contributed by atoms with E-state index in [1.807, 2.05) is 0 Å². The molecule has 2 aromatic rings. The molecule has 8 nitrogen and oxygen atoms in total. The number of hydrogen-bond acceptors (Lipinski definition) is 6. The lowest BCUT2D eigenvalue weighted by Gasteiger charge is -2.04. The molecule has 0 radical (unpaired) electrons. The molecule has 20 heavy (non-hydrogen) atoms. The van der Waals surface area contributed by atoms with Gasteiger partial charge in [0.15, 0.2) is 0 Å². The van der Waals surface area contributed by atoms with E-state index in [2.05, 4.69) is 5.32 Å². The van der Waals surface area contributed by atoms with Crippen LogP contribution in [0.25, 0.3) is 0 Å². The molecule has 104 valence electrons. The van der Waals surface area contributed by atoms with E-state index in [9.17, 15) is 20.2 Å². The fourth-order valence-corrected chi connectivity index (χ4v) is 1.72. The molecule has 2 rings (SSSR count). The largest absolute Gasteiger partial charge is 0.468 e. The third kappa shape index (κ3) is 3.18. The molecular formula is C12H11N3O5. The van der Waals surface area contributed by atoms with Crippen molar-refractivity contribution in [3.8, 4) is 0 Å². The number of nitrogens with zero attached hydrogens (tertiary/aromatic N) is 2. The molecule has 0 unspecified atom stereocenters. The molecule has 0 saturated heterocycles.